The number of rotatable bonds is 3. The van der Waals surface area contributed by atoms with Crippen LogP contribution in [0.3, 0.4) is 0 Å². The van der Waals surface area contributed by atoms with Crippen LogP contribution in [0.1, 0.15) is 11.1 Å². The van der Waals surface area contributed by atoms with E-state index in [4.69, 9.17) is 0 Å². The summed E-state index contributed by atoms with van der Waals surface area (Å²) in [6, 6.07) is 12.2. The van der Waals surface area contributed by atoms with Gasteiger partial charge in [0.1, 0.15) is 5.82 Å². The molecule has 0 aliphatic carbocycles. The molecule has 0 N–H and O–H groups in total. The van der Waals surface area contributed by atoms with Gasteiger partial charge in [-0.1, -0.05) is 24.3 Å². The van der Waals surface area contributed by atoms with Crippen LogP contribution in [0.5, 0.6) is 0 Å². The molecule has 18 heavy (non-hydrogen) atoms. The average Bonchev–Trinajstić information content (AvgIpc) is 2.32. The number of halogens is 1. The van der Waals surface area contributed by atoms with Crippen LogP contribution >= 0.6 is 0 Å². The Hall–Kier alpha value is -1.68. The summed E-state index contributed by atoms with van der Waals surface area (Å²) >= 11 is 0. The van der Waals surface area contributed by atoms with Gasteiger partial charge in [-0.05, 0) is 42.3 Å². The molecule has 0 aliphatic heterocycles. The predicted octanol–water partition coefficient (Wildman–Crippen LogP) is 3.11. The second kappa shape index (κ2) is 4.90. The molecule has 2 aromatic carbocycles. The van der Waals surface area contributed by atoms with Crippen LogP contribution in [0.15, 0.2) is 53.4 Å². The fourth-order valence-corrected chi connectivity index (χ4v) is 3.15. The van der Waals surface area contributed by atoms with E-state index in [0.29, 0.717) is 0 Å². The molecule has 0 heterocycles. The monoisotopic (exact) mass is 264 g/mol. The van der Waals surface area contributed by atoms with E-state index < -0.39 is 15.7 Å². The molecule has 0 bridgehead atoms. The minimum absolute atomic E-state index is 0.0642. The molecule has 0 spiro atoms. The molecule has 0 radical (unpaired) electrons. The molecule has 2 nitrogen and oxygen atoms in total. The Morgan fingerprint density at radius 1 is 1.00 bits per heavy atom. The minimum atomic E-state index is -3.42. The van der Waals surface area contributed by atoms with Crippen molar-refractivity contribution in [2.75, 3.05) is 0 Å². The van der Waals surface area contributed by atoms with E-state index in [-0.39, 0.29) is 10.6 Å². The summed E-state index contributed by atoms with van der Waals surface area (Å²) in [5.41, 5.74) is 1.70. The van der Waals surface area contributed by atoms with Gasteiger partial charge < -0.3 is 0 Å². The quantitative estimate of drug-likeness (QED) is 0.798. The first-order valence-electron chi connectivity index (χ1n) is 5.52. The Morgan fingerprint density at radius 2 is 1.61 bits per heavy atom. The van der Waals surface area contributed by atoms with Crippen LogP contribution in [0, 0.1) is 12.7 Å². The largest absolute Gasteiger partial charge is 0.223 e. The number of benzene rings is 2. The molecule has 0 unspecified atom stereocenters. The highest BCUT2D eigenvalue weighted by atomic mass is 32.2. The molecule has 0 saturated heterocycles. The van der Waals surface area contributed by atoms with Crippen molar-refractivity contribution < 1.29 is 12.8 Å². The molecule has 0 saturated carbocycles. The standard InChI is InChI=1S/C14H13FO2S/c1-11-4-2-3-5-12(11)10-18(16,17)14-8-6-13(15)7-9-14/h2-9H,10H2,1H3. The van der Waals surface area contributed by atoms with Crippen LogP contribution < -0.4 is 0 Å². The summed E-state index contributed by atoms with van der Waals surface area (Å²) in [4.78, 5) is 0.146. The van der Waals surface area contributed by atoms with Crippen LogP contribution in [-0.2, 0) is 15.6 Å². The first-order chi connectivity index (χ1) is 8.49. The molecule has 4 heteroatoms. The van der Waals surface area contributed by atoms with Gasteiger partial charge in [0.25, 0.3) is 0 Å². The maximum absolute atomic E-state index is 12.8. The van der Waals surface area contributed by atoms with E-state index in [1.807, 2.05) is 25.1 Å². The van der Waals surface area contributed by atoms with Crippen LogP contribution in [0.25, 0.3) is 0 Å². The normalized spacial score (nSPS) is 11.4. The van der Waals surface area contributed by atoms with Crippen LogP contribution in [0.4, 0.5) is 4.39 Å². The Kier molecular flexibility index (Phi) is 3.48. The molecular weight excluding hydrogens is 251 g/mol. The van der Waals surface area contributed by atoms with Crippen molar-refractivity contribution in [3.8, 4) is 0 Å². The maximum Gasteiger partial charge on any atom is 0.182 e. The fourth-order valence-electron chi connectivity index (χ4n) is 1.70. The first kappa shape index (κ1) is 12.8. The maximum atomic E-state index is 12.8. The minimum Gasteiger partial charge on any atom is -0.223 e. The third-order valence-electron chi connectivity index (χ3n) is 2.78. The lowest BCUT2D eigenvalue weighted by atomic mass is 10.1. The van der Waals surface area contributed by atoms with Gasteiger partial charge in [-0.15, -0.1) is 0 Å². The van der Waals surface area contributed by atoms with Crippen molar-refractivity contribution in [3.05, 3.63) is 65.5 Å². The molecular formula is C14H13FO2S. The highest BCUT2D eigenvalue weighted by molar-refractivity contribution is 7.90. The average molecular weight is 264 g/mol. The van der Waals surface area contributed by atoms with Crippen LogP contribution in [0.2, 0.25) is 0 Å². The lowest BCUT2D eigenvalue weighted by Crippen LogP contribution is -2.06. The fraction of sp³-hybridized carbons (Fsp3) is 0.143. The molecule has 0 aliphatic rings. The summed E-state index contributed by atoms with van der Waals surface area (Å²) in [7, 11) is -3.42. The second-order valence-corrected chi connectivity index (χ2v) is 6.13. The lowest BCUT2D eigenvalue weighted by molar-refractivity contribution is 0.594. The van der Waals surface area contributed by atoms with E-state index in [2.05, 4.69) is 0 Å². The predicted molar refractivity (Wildman–Crippen MR) is 68.5 cm³/mol. The number of aryl methyl sites for hydroxylation is 1. The Morgan fingerprint density at radius 3 is 2.22 bits per heavy atom. The Bertz CT molecular complexity index is 646. The van der Waals surface area contributed by atoms with Gasteiger partial charge in [0.2, 0.25) is 0 Å². The zero-order valence-electron chi connectivity index (χ0n) is 9.93. The summed E-state index contributed by atoms with van der Waals surface area (Å²) in [5, 5.41) is 0. The SMILES string of the molecule is Cc1ccccc1CS(=O)(=O)c1ccc(F)cc1. The molecule has 0 aromatic heterocycles. The zero-order valence-corrected chi connectivity index (χ0v) is 10.7. The first-order valence-corrected chi connectivity index (χ1v) is 7.17. The summed E-state index contributed by atoms with van der Waals surface area (Å²) in [6.07, 6.45) is 0. The summed E-state index contributed by atoms with van der Waals surface area (Å²) in [6.45, 7) is 1.87. The third-order valence-corrected chi connectivity index (χ3v) is 4.46. The van der Waals surface area contributed by atoms with Gasteiger partial charge in [-0.25, -0.2) is 12.8 Å². The summed E-state index contributed by atoms with van der Waals surface area (Å²) in [5.74, 6) is -0.504. The topological polar surface area (TPSA) is 34.1 Å². The van der Waals surface area contributed by atoms with Gasteiger partial charge >= 0.3 is 0 Å². The van der Waals surface area contributed by atoms with Crippen LogP contribution in [-0.4, -0.2) is 8.42 Å². The van der Waals surface area contributed by atoms with Gasteiger partial charge in [-0.3, -0.25) is 0 Å². The highest BCUT2D eigenvalue weighted by Gasteiger charge is 2.16. The van der Waals surface area contributed by atoms with Crippen molar-refractivity contribution in [3.63, 3.8) is 0 Å². The number of sulfone groups is 1. The molecule has 2 rings (SSSR count). The van der Waals surface area contributed by atoms with E-state index in [9.17, 15) is 12.8 Å². The molecule has 94 valence electrons. The summed E-state index contributed by atoms with van der Waals surface area (Å²) < 4.78 is 37.1. The Labute approximate surface area is 106 Å². The molecule has 2 aromatic rings. The smallest absolute Gasteiger partial charge is 0.182 e. The van der Waals surface area contributed by atoms with E-state index in [1.165, 1.54) is 12.1 Å². The Balaban J connectivity index is 2.33. The molecule has 0 fully saturated rings. The number of hydrogen-bond donors (Lipinski definition) is 0. The van der Waals surface area contributed by atoms with Crippen molar-refractivity contribution >= 4 is 9.84 Å². The second-order valence-electron chi connectivity index (χ2n) is 4.14. The highest BCUT2D eigenvalue weighted by Crippen LogP contribution is 2.18. The van der Waals surface area contributed by atoms with E-state index in [1.54, 1.807) is 6.07 Å². The van der Waals surface area contributed by atoms with Gasteiger partial charge in [0.05, 0.1) is 10.6 Å². The van der Waals surface area contributed by atoms with Gasteiger partial charge in [0.15, 0.2) is 9.84 Å². The van der Waals surface area contributed by atoms with E-state index in [0.717, 1.165) is 23.3 Å². The van der Waals surface area contributed by atoms with Crippen molar-refractivity contribution in [1.82, 2.24) is 0 Å². The van der Waals surface area contributed by atoms with Gasteiger partial charge in [-0.2, -0.15) is 0 Å². The lowest BCUT2D eigenvalue weighted by Gasteiger charge is -2.07. The van der Waals surface area contributed by atoms with Gasteiger partial charge in [0, 0.05) is 0 Å². The third kappa shape index (κ3) is 2.76. The van der Waals surface area contributed by atoms with E-state index >= 15 is 0 Å². The van der Waals surface area contributed by atoms with Crippen molar-refractivity contribution in [1.29, 1.82) is 0 Å². The molecule has 0 amide bonds. The zero-order chi connectivity index (χ0) is 13.2. The van der Waals surface area contributed by atoms with Crippen molar-refractivity contribution in [2.45, 2.75) is 17.6 Å². The van der Waals surface area contributed by atoms with Crippen molar-refractivity contribution in [2.24, 2.45) is 0 Å². The molecule has 0 atom stereocenters. The number of hydrogen-bond acceptors (Lipinski definition) is 2.